The number of carbonyl (C=O) groups is 3. The number of hydrogen-bond donors (Lipinski definition) is 3. The second-order valence-corrected chi connectivity index (χ2v) is 12.7. The summed E-state index contributed by atoms with van der Waals surface area (Å²) in [5, 5.41) is 24.8. The highest BCUT2D eigenvalue weighted by Crippen LogP contribution is 2.38. The number of carbonyl (C=O) groups excluding carboxylic acids is 3. The molecule has 0 bridgehead atoms. The van der Waals surface area contributed by atoms with Crippen LogP contribution in [-0.4, -0.2) is 99.6 Å². The van der Waals surface area contributed by atoms with Crippen molar-refractivity contribution in [2.75, 3.05) is 48.1 Å². The molecule has 51 heavy (non-hydrogen) atoms. The number of methoxy groups -OCH3 is 4. The van der Waals surface area contributed by atoms with E-state index in [1.54, 1.807) is 56.7 Å². The van der Waals surface area contributed by atoms with Crippen LogP contribution >= 0.6 is 22.6 Å². The number of rotatable bonds is 15. The van der Waals surface area contributed by atoms with Gasteiger partial charge in [0.25, 0.3) is 5.91 Å². The monoisotopic (exact) mass is 814 g/mol. The molecule has 0 fully saturated rings. The van der Waals surface area contributed by atoms with Crippen LogP contribution in [0.3, 0.4) is 0 Å². The van der Waals surface area contributed by atoms with Gasteiger partial charge in [0.15, 0.2) is 28.6 Å². The molecule has 3 aromatic carbocycles. The number of aldehydes is 1. The van der Waals surface area contributed by atoms with Gasteiger partial charge in [-0.2, -0.15) is 0 Å². The van der Waals surface area contributed by atoms with Crippen molar-refractivity contribution in [2.45, 2.75) is 31.1 Å². The summed E-state index contributed by atoms with van der Waals surface area (Å²) in [5.41, 5.74) is 1.71. The van der Waals surface area contributed by atoms with Gasteiger partial charge < -0.3 is 48.5 Å². The van der Waals surface area contributed by atoms with E-state index in [4.69, 9.17) is 28.1 Å². The summed E-state index contributed by atoms with van der Waals surface area (Å²) in [4.78, 5) is 41.0. The van der Waals surface area contributed by atoms with E-state index in [1.807, 2.05) is 28.7 Å². The first kappa shape index (κ1) is 37.5. The third-order valence-electron chi connectivity index (χ3n) is 8.57. The maximum absolute atomic E-state index is 14.6. The minimum atomic E-state index is -1.36. The molecule has 1 aliphatic carbocycles. The lowest BCUT2D eigenvalue weighted by molar-refractivity contribution is -0.118. The summed E-state index contributed by atoms with van der Waals surface area (Å²) in [6.45, 7) is -0.232. The SMILES string of the molecule is COc1ccc(OC)c(CCN(C(=O)c2cc3cccc(OC)c3o2)C2CC(C(=O)NCCO)=CC(Oc3c(I)cc(C=O)cc3OC)C2O)c1. The van der Waals surface area contributed by atoms with Crippen molar-refractivity contribution >= 4 is 51.7 Å². The molecule has 3 unspecified atom stereocenters. The molecule has 14 heteroatoms. The number of aliphatic hydroxyl groups excluding tert-OH is 2. The molecule has 5 rings (SSSR count). The van der Waals surface area contributed by atoms with Crippen molar-refractivity contribution in [2.24, 2.45) is 0 Å². The van der Waals surface area contributed by atoms with Crippen LogP contribution in [0.25, 0.3) is 11.0 Å². The number of nitrogens with zero attached hydrogens (tertiary/aromatic N) is 1. The number of hydrogen-bond acceptors (Lipinski definition) is 11. The van der Waals surface area contributed by atoms with Crippen LogP contribution in [0, 0.1) is 3.57 Å². The van der Waals surface area contributed by atoms with Crippen molar-refractivity contribution in [3.63, 3.8) is 0 Å². The zero-order valence-corrected chi connectivity index (χ0v) is 30.7. The van der Waals surface area contributed by atoms with Gasteiger partial charge in [-0.05, 0) is 83.1 Å². The van der Waals surface area contributed by atoms with Crippen LogP contribution in [-0.2, 0) is 11.2 Å². The highest BCUT2D eigenvalue weighted by Gasteiger charge is 2.42. The van der Waals surface area contributed by atoms with Gasteiger partial charge >= 0.3 is 0 Å². The molecule has 3 N–H and O–H groups in total. The summed E-state index contributed by atoms with van der Waals surface area (Å²) >= 11 is 2.00. The second kappa shape index (κ2) is 16.9. The van der Waals surface area contributed by atoms with Gasteiger partial charge in [-0.1, -0.05) is 12.1 Å². The molecule has 0 aliphatic heterocycles. The van der Waals surface area contributed by atoms with E-state index in [2.05, 4.69) is 5.32 Å². The molecule has 0 saturated heterocycles. The van der Waals surface area contributed by atoms with E-state index < -0.39 is 30.1 Å². The second-order valence-electron chi connectivity index (χ2n) is 11.6. The lowest BCUT2D eigenvalue weighted by Crippen LogP contribution is -2.55. The van der Waals surface area contributed by atoms with Crippen LogP contribution in [0.1, 0.15) is 32.9 Å². The number of benzene rings is 3. The molecule has 13 nitrogen and oxygen atoms in total. The number of fused-ring (bicyclic) bond motifs is 1. The van der Waals surface area contributed by atoms with Crippen molar-refractivity contribution in [3.05, 3.63) is 86.7 Å². The van der Waals surface area contributed by atoms with E-state index in [1.165, 1.54) is 31.3 Å². The van der Waals surface area contributed by atoms with Gasteiger partial charge in [-0.25, -0.2) is 0 Å². The lowest BCUT2D eigenvalue weighted by atomic mass is 9.87. The molecular weight excluding hydrogens is 775 g/mol. The Bertz CT molecular complexity index is 1920. The van der Waals surface area contributed by atoms with Crippen LogP contribution < -0.4 is 29.0 Å². The third-order valence-corrected chi connectivity index (χ3v) is 9.37. The standard InChI is InChI=1S/C37H39IN2O11/c1-46-25-8-9-28(47-2)22(16-25)10-12-40(37(45)32-18-23-6-5-7-29(48-3)34(23)51-32)27-17-24(36(44)39-11-13-41)19-30(33(27)43)50-35-26(38)14-21(20-42)15-31(35)49-4/h5-9,14-16,18-20,27,30,33,41,43H,10-13,17H2,1-4H3,(H,39,44). The topological polar surface area (TPSA) is 166 Å². The summed E-state index contributed by atoms with van der Waals surface area (Å²) < 4.78 is 34.9. The first-order chi connectivity index (χ1) is 24.6. The molecule has 1 heterocycles. The molecule has 270 valence electrons. The first-order valence-corrected chi connectivity index (χ1v) is 17.1. The normalized spacial score (nSPS) is 16.9. The molecule has 2 amide bonds. The average molecular weight is 815 g/mol. The smallest absolute Gasteiger partial charge is 0.289 e. The molecule has 0 spiro atoms. The van der Waals surface area contributed by atoms with Gasteiger partial charge in [0, 0.05) is 36.0 Å². The predicted molar refractivity (Wildman–Crippen MR) is 195 cm³/mol. The number of para-hydroxylation sites is 1. The number of aliphatic hydroxyl groups is 2. The number of ether oxygens (including phenoxy) is 5. The zero-order chi connectivity index (χ0) is 36.7. The fraction of sp³-hybridized carbons (Fsp3) is 0.324. The predicted octanol–water partition coefficient (Wildman–Crippen LogP) is 4.18. The van der Waals surface area contributed by atoms with E-state index in [9.17, 15) is 24.6 Å². The Morgan fingerprint density at radius 1 is 1.00 bits per heavy atom. The lowest BCUT2D eigenvalue weighted by Gasteiger charge is -2.40. The van der Waals surface area contributed by atoms with Crippen LogP contribution in [0.5, 0.6) is 28.7 Å². The number of furan rings is 1. The molecular formula is C37H39IN2O11. The Morgan fingerprint density at radius 2 is 1.76 bits per heavy atom. The molecule has 3 atom stereocenters. The quantitative estimate of drug-likeness (QED) is 0.116. The van der Waals surface area contributed by atoms with Gasteiger partial charge in [-0.3, -0.25) is 14.4 Å². The highest BCUT2D eigenvalue weighted by molar-refractivity contribution is 14.1. The summed E-state index contributed by atoms with van der Waals surface area (Å²) in [5.74, 6) is 1.05. The molecule has 0 radical (unpaired) electrons. The first-order valence-electron chi connectivity index (χ1n) is 16.0. The summed E-state index contributed by atoms with van der Waals surface area (Å²) in [6.07, 6.45) is -0.115. The fourth-order valence-electron chi connectivity index (χ4n) is 6.02. The van der Waals surface area contributed by atoms with Gasteiger partial charge in [0.05, 0.1) is 44.7 Å². The summed E-state index contributed by atoms with van der Waals surface area (Å²) in [6, 6.07) is 14.3. The van der Waals surface area contributed by atoms with Crippen LogP contribution in [0.4, 0.5) is 0 Å². The maximum Gasteiger partial charge on any atom is 0.289 e. The Hall–Kier alpha value is -4.80. The molecule has 0 saturated carbocycles. The van der Waals surface area contributed by atoms with Crippen LogP contribution in [0.2, 0.25) is 0 Å². The van der Waals surface area contributed by atoms with Crippen LogP contribution in [0.15, 0.2) is 70.7 Å². The van der Waals surface area contributed by atoms with Gasteiger partial charge in [0.2, 0.25) is 5.91 Å². The van der Waals surface area contributed by atoms with Crippen molar-refractivity contribution in [1.82, 2.24) is 10.2 Å². The Kier molecular flexibility index (Phi) is 12.4. The largest absolute Gasteiger partial charge is 0.497 e. The Labute approximate surface area is 308 Å². The zero-order valence-electron chi connectivity index (χ0n) is 28.5. The van der Waals surface area contributed by atoms with Gasteiger partial charge in [0.1, 0.15) is 30.0 Å². The molecule has 1 aromatic heterocycles. The number of halogens is 1. The van der Waals surface area contributed by atoms with E-state index >= 15 is 0 Å². The van der Waals surface area contributed by atoms with Crippen molar-refractivity contribution in [3.8, 4) is 28.7 Å². The molecule has 1 aliphatic rings. The Balaban J connectivity index is 1.59. The van der Waals surface area contributed by atoms with E-state index in [-0.39, 0.29) is 55.4 Å². The highest BCUT2D eigenvalue weighted by atomic mass is 127. The third kappa shape index (κ3) is 8.24. The average Bonchev–Trinajstić information content (AvgIpc) is 3.60. The maximum atomic E-state index is 14.6. The minimum Gasteiger partial charge on any atom is -0.497 e. The fourth-order valence-corrected chi connectivity index (χ4v) is 6.77. The number of amides is 2. The number of nitrogens with one attached hydrogen (secondary N) is 1. The summed E-state index contributed by atoms with van der Waals surface area (Å²) in [7, 11) is 6.02. The molecule has 4 aromatic rings. The van der Waals surface area contributed by atoms with Gasteiger partial charge in [-0.15, -0.1) is 0 Å². The van der Waals surface area contributed by atoms with Crippen molar-refractivity contribution in [1.29, 1.82) is 0 Å². The van der Waals surface area contributed by atoms with E-state index in [0.29, 0.717) is 43.6 Å². The van der Waals surface area contributed by atoms with Crippen molar-refractivity contribution < 1.29 is 52.7 Å². The minimum absolute atomic E-state index is 0.00159. The van der Waals surface area contributed by atoms with E-state index in [0.717, 1.165) is 5.56 Å². The Morgan fingerprint density at radius 3 is 2.45 bits per heavy atom.